The Bertz CT molecular complexity index is 1150. The third-order valence-electron chi connectivity index (χ3n) is 4.90. The molecule has 0 unspecified atom stereocenters. The van der Waals surface area contributed by atoms with Crippen molar-refractivity contribution in [1.29, 1.82) is 0 Å². The number of aromatic nitrogens is 1. The SMILES string of the molecule is COC(=O)CCOc1ccccc1N(C)C(=O)c1ccc(Cl)c(-c2cnc(Cl)cc2C)c1. The van der Waals surface area contributed by atoms with Gasteiger partial charge in [0.25, 0.3) is 5.91 Å². The summed E-state index contributed by atoms with van der Waals surface area (Å²) in [7, 11) is 2.99. The van der Waals surface area contributed by atoms with Gasteiger partial charge in [-0.05, 0) is 48.9 Å². The molecule has 0 aliphatic heterocycles. The minimum absolute atomic E-state index is 0.109. The number of nitrogens with zero attached hydrogens (tertiary/aromatic N) is 2. The van der Waals surface area contributed by atoms with Gasteiger partial charge in [-0.1, -0.05) is 35.3 Å². The van der Waals surface area contributed by atoms with Gasteiger partial charge >= 0.3 is 5.97 Å². The van der Waals surface area contributed by atoms with Gasteiger partial charge in [0.2, 0.25) is 0 Å². The number of rotatable bonds is 7. The summed E-state index contributed by atoms with van der Waals surface area (Å²) < 4.78 is 10.3. The van der Waals surface area contributed by atoms with Crippen LogP contribution in [-0.2, 0) is 9.53 Å². The number of carbonyl (C=O) groups excluding carboxylic acids is 2. The van der Waals surface area contributed by atoms with Crippen LogP contribution < -0.4 is 9.64 Å². The Kier molecular flexibility index (Phi) is 7.72. The van der Waals surface area contributed by atoms with E-state index < -0.39 is 0 Å². The highest BCUT2D eigenvalue weighted by Crippen LogP contribution is 2.33. The van der Waals surface area contributed by atoms with Crippen molar-refractivity contribution in [2.75, 3.05) is 25.7 Å². The van der Waals surface area contributed by atoms with E-state index in [1.165, 1.54) is 12.0 Å². The summed E-state index contributed by atoms with van der Waals surface area (Å²) >= 11 is 12.4. The van der Waals surface area contributed by atoms with Crippen LogP contribution in [0.5, 0.6) is 5.75 Å². The first-order valence-electron chi connectivity index (χ1n) is 9.80. The predicted molar refractivity (Wildman–Crippen MR) is 126 cm³/mol. The second-order valence-electron chi connectivity index (χ2n) is 7.02. The molecule has 32 heavy (non-hydrogen) atoms. The third kappa shape index (κ3) is 5.39. The van der Waals surface area contributed by atoms with Crippen LogP contribution in [0.25, 0.3) is 11.1 Å². The van der Waals surface area contributed by atoms with Crippen molar-refractivity contribution in [2.24, 2.45) is 0 Å². The molecule has 0 radical (unpaired) electrons. The first-order chi connectivity index (χ1) is 15.3. The molecular weight excluding hydrogens is 451 g/mol. The number of benzene rings is 2. The van der Waals surface area contributed by atoms with E-state index in [9.17, 15) is 9.59 Å². The van der Waals surface area contributed by atoms with Gasteiger partial charge in [0.05, 0.1) is 25.8 Å². The maximum absolute atomic E-state index is 13.3. The molecule has 0 aliphatic carbocycles. The van der Waals surface area contributed by atoms with E-state index in [2.05, 4.69) is 9.72 Å². The summed E-state index contributed by atoms with van der Waals surface area (Å²) in [4.78, 5) is 30.2. The molecule has 0 saturated carbocycles. The highest BCUT2D eigenvalue weighted by atomic mass is 35.5. The Morgan fingerprint density at radius 3 is 2.53 bits per heavy atom. The van der Waals surface area contributed by atoms with Crippen molar-refractivity contribution in [2.45, 2.75) is 13.3 Å². The van der Waals surface area contributed by atoms with Gasteiger partial charge in [-0.15, -0.1) is 0 Å². The Hall–Kier alpha value is -3.09. The zero-order valence-corrected chi connectivity index (χ0v) is 19.4. The van der Waals surface area contributed by atoms with Gasteiger partial charge in [0, 0.05) is 35.0 Å². The zero-order chi connectivity index (χ0) is 23.3. The van der Waals surface area contributed by atoms with Crippen LogP contribution in [0.3, 0.4) is 0 Å². The highest BCUT2D eigenvalue weighted by molar-refractivity contribution is 6.33. The lowest BCUT2D eigenvalue weighted by atomic mass is 10.0. The molecule has 1 aromatic heterocycles. The smallest absolute Gasteiger partial charge is 0.308 e. The summed E-state index contributed by atoms with van der Waals surface area (Å²) in [5, 5.41) is 0.890. The Balaban J connectivity index is 1.88. The maximum Gasteiger partial charge on any atom is 0.308 e. The maximum atomic E-state index is 13.3. The third-order valence-corrected chi connectivity index (χ3v) is 5.44. The Morgan fingerprint density at radius 1 is 1.06 bits per heavy atom. The lowest BCUT2D eigenvalue weighted by Crippen LogP contribution is -2.27. The number of esters is 1. The number of anilines is 1. The number of para-hydroxylation sites is 2. The molecule has 0 atom stereocenters. The standard InChI is InChI=1S/C24H22Cl2N2O4/c1-15-12-22(26)27-14-18(15)17-13-16(8-9-19(17)25)24(30)28(2)20-6-4-5-7-21(20)32-11-10-23(29)31-3/h4-9,12-14H,10-11H2,1-3H3. The van der Waals surface area contributed by atoms with Gasteiger partial charge in [-0.3, -0.25) is 9.59 Å². The molecule has 1 amide bonds. The topological polar surface area (TPSA) is 68.7 Å². The van der Waals surface area contributed by atoms with Crippen LogP contribution in [-0.4, -0.2) is 37.6 Å². The lowest BCUT2D eigenvalue weighted by molar-refractivity contribution is -0.141. The molecule has 8 heteroatoms. The minimum atomic E-state index is -0.368. The van der Waals surface area contributed by atoms with E-state index >= 15 is 0 Å². The number of ether oxygens (including phenoxy) is 2. The number of carbonyl (C=O) groups is 2. The molecule has 0 fully saturated rings. The van der Waals surface area contributed by atoms with Crippen LogP contribution in [0.1, 0.15) is 22.3 Å². The molecule has 6 nitrogen and oxygen atoms in total. The first-order valence-corrected chi connectivity index (χ1v) is 10.6. The average molecular weight is 473 g/mol. The molecule has 0 bridgehead atoms. The molecular formula is C24H22Cl2N2O4. The molecule has 3 aromatic rings. The fourth-order valence-corrected chi connectivity index (χ4v) is 3.61. The molecule has 0 spiro atoms. The summed E-state index contributed by atoms with van der Waals surface area (Å²) in [5.41, 5.74) is 3.40. The second kappa shape index (κ2) is 10.5. The molecule has 3 rings (SSSR count). The van der Waals surface area contributed by atoms with Crippen LogP contribution in [0.2, 0.25) is 10.2 Å². The number of amides is 1. The number of methoxy groups -OCH3 is 1. The van der Waals surface area contributed by atoms with Crippen molar-refractivity contribution < 1.29 is 19.1 Å². The normalized spacial score (nSPS) is 10.5. The number of aryl methyl sites for hydroxylation is 1. The predicted octanol–water partition coefficient (Wildman–Crippen LogP) is 5.58. The molecule has 2 aromatic carbocycles. The summed E-state index contributed by atoms with van der Waals surface area (Å²) in [6.45, 7) is 2.04. The van der Waals surface area contributed by atoms with Crippen LogP contribution in [0.4, 0.5) is 5.69 Å². The Morgan fingerprint density at radius 2 is 1.81 bits per heavy atom. The van der Waals surface area contributed by atoms with Gasteiger partial charge in [-0.25, -0.2) is 4.98 Å². The summed E-state index contributed by atoms with van der Waals surface area (Å²) in [6.07, 6.45) is 1.75. The van der Waals surface area contributed by atoms with Gasteiger partial charge in [0.15, 0.2) is 0 Å². The zero-order valence-electron chi connectivity index (χ0n) is 17.9. The summed E-state index contributed by atoms with van der Waals surface area (Å²) in [5.74, 6) is -0.127. The van der Waals surface area contributed by atoms with Crippen molar-refractivity contribution in [3.63, 3.8) is 0 Å². The van der Waals surface area contributed by atoms with E-state index in [4.69, 9.17) is 27.9 Å². The van der Waals surface area contributed by atoms with Crippen molar-refractivity contribution in [3.05, 3.63) is 76.0 Å². The van der Waals surface area contributed by atoms with E-state index in [1.54, 1.807) is 55.7 Å². The van der Waals surface area contributed by atoms with Crippen molar-refractivity contribution >= 4 is 40.8 Å². The molecule has 0 saturated heterocycles. The quantitative estimate of drug-likeness (QED) is 0.331. The molecule has 1 heterocycles. The monoisotopic (exact) mass is 472 g/mol. The van der Waals surface area contributed by atoms with Gasteiger partial charge < -0.3 is 14.4 Å². The first kappa shape index (κ1) is 23.6. The average Bonchev–Trinajstić information content (AvgIpc) is 2.79. The van der Waals surface area contributed by atoms with Crippen molar-refractivity contribution in [3.8, 4) is 16.9 Å². The fraction of sp³-hybridized carbons (Fsp3) is 0.208. The highest BCUT2D eigenvalue weighted by Gasteiger charge is 2.19. The van der Waals surface area contributed by atoms with E-state index in [0.717, 1.165) is 11.1 Å². The van der Waals surface area contributed by atoms with Crippen molar-refractivity contribution in [1.82, 2.24) is 4.98 Å². The lowest BCUT2D eigenvalue weighted by Gasteiger charge is -2.21. The van der Waals surface area contributed by atoms with E-state index in [1.807, 2.05) is 13.0 Å². The molecule has 0 aliphatic rings. The van der Waals surface area contributed by atoms with Gasteiger partial charge in [-0.2, -0.15) is 0 Å². The van der Waals surface area contributed by atoms with E-state index in [-0.39, 0.29) is 24.9 Å². The molecule has 166 valence electrons. The summed E-state index contributed by atoms with van der Waals surface area (Å²) in [6, 6.07) is 14.0. The number of hydrogen-bond donors (Lipinski definition) is 0. The number of pyridine rings is 1. The fourth-order valence-electron chi connectivity index (χ4n) is 3.17. The second-order valence-corrected chi connectivity index (χ2v) is 7.82. The molecule has 0 N–H and O–H groups in total. The van der Waals surface area contributed by atoms with E-state index in [0.29, 0.717) is 32.7 Å². The number of hydrogen-bond acceptors (Lipinski definition) is 5. The van der Waals surface area contributed by atoms with Crippen LogP contribution in [0.15, 0.2) is 54.7 Å². The largest absolute Gasteiger partial charge is 0.491 e. The number of halogens is 2. The van der Waals surface area contributed by atoms with Gasteiger partial charge in [0.1, 0.15) is 10.9 Å². The minimum Gasteiger partial charge on any atom is -0.491 e. The van der Waals surface area contributed by atoms with Crippen LogP contribution >= 0.6 is 23.2 Å². The Labute approximate surface area is 196 Å². The van der Waals surface area contributed by atoms with Crippen LogP contribution in [0, 0.1) is 6.92 Å².